The van der Waals surface area contributed by atoms with E-state index >= 15 is 0 Å². The normalized spacial score (nSPS) is 19.7. The lowest BCUT2D eigenvalue weighted by atomic mass is 10.1. The smallest absolute Gasteiger partial charge is 0.273 e. The van der Waals surface area contributed by atoms with E-state index in [-0.39, 0.29) is 11.9 Å². The lowest BCUT2D eigenvalue weighted by molar-refractivity contribution is -0.0541. The summed E-state index contributed by atoms with van der Waals surface area (Å²) in [5.74, 6) is 1.43. The topological polar surface area (TPSA) is 54.5 Å². The van der Waals surface area contributed by atoms with E-state index in [4.69, 9.17) is 4.74 Å². The number of carbonyl (C=O) groups excluding carboxylic acids is 1. The number of aryl methyl sites for hydroxylation is 1. The monoisotopic (exact) mass is 335 g/mol. The number of ether oxygens (including phenoxy) is 1. The lowest BCUT2D eigenvalue weighted by Gasteiger charge is -2.34. The fraction of sp³-hybridized carbons (Fsp3) is 0.400. The van der Waals surface area contributed by atoms with Crippen LogP contribution in [-0.4, -0.2) is 35.0 Å². The number of nitrogens with zero attached hydrogens (tertiary/aromatic N) is 2. The van der Waals surface area contributed by atoms with E-state index in [2.05, 4.69) is 35.4 Å². The summed E-state index contributed by atoms with van der Waals surface area (Å²) in [4.78, 5) is 19.2. The van der Waals surface area contributed by atoms with Crippen molar-refractivity contribution in [2.24, 2.45) is 0 Å². The fourth-order valence-electron chi connectivity index (χ4n) is 3.63. The van der Waals surface area contributed by atoms with Crippen LogP contribution in [0.25, 0.3) is 0 Å². The summed E-state index contributed by atoms with van der Waals surface area (Å²) in [5, 5.41) is 3.45. The van der Waals surface area contributed by atoms with Gasteiger partial charge >= 0.3 is 0 Å². The number of hydrogen-bond donors (Lipinski definition) is 1. The molecule has 2 aliphatic heterocycles. The lowest BCUT2D eigenvalue weighted by Crippen LogP contribution is -2.49. The van der Waals surface area contributed by atoms with Crippen LogP contribution >= 0.6 is 0 Å². The molecule has 0 bridgehead atoms. The SMILES string of the molecule is Cc1ccc(C2CC2)c(Nc2ccc3c(n2)C(=O)N(C2COC2)C3)c1. The van der Waals surface area contributed by atoms with E-state index in [1.807, 2.05) is 17.0 Å². The zero-order valence-corrected chi connectivity index (χ0v) is 14.3. The van der Waals surface area contributed by atoms with Gasteiger partial charge in [0, 0.05) is 17.8 Å². The van der Waals surface area contributed by atoms with Gasteiger partial charge in [-0.05, 0) is 48.9 Å². The van der Waals surface area contributed by atoms with Gasteiger partial charge in [-0.15, -0.1) is 0 Å². The van der Waals surface area contributed by atoms with E-state index < -0.39 is 0 Å². The van der Waals surface area contributed by atoms with E-state index in [0.29, 0.717) is 31.4 Å². The first kappa shape index (κ1) is 14.9. The zero-order chi connectivity index (χ0) is 17.0. The highest BCUT2D eigenvalue weighted by Gasteiger charge is 2.37. The van der Waals surface area contributed by atoms with Crippen molar-refractivity contribution in [3.63, 3.8) is 0 Å². The van der Waals surface area contributed by atoms with Crippen molar-refractivity contribution in [2.45, 2.75) is 38.3 Å². The first-order valence-corrected chi connectivity index (χ1v) is 8.95. The van der Waals surface area contributed by atoms with Crippen LogP contribution in [0, 0.1) is 6.92 Å². The Kier molecular flexibility index (Phi) is 3.31. The predicted octanol–water partition coefficient (Wildman–Crippen LogP) is 3.37. The van der Waals surface area contributed by atoms with Crippen LogP contribution in [0.3, 0.4) is 0 Å². The average molecular weight is 335 g/mol. The van der Waals surface area contributed by atoms with Crippen LogP contribution in [0.15, 0.2) is 30.3 Å². The highest BCUT2D eigenvalue weighted by atomic mass is 16.5. The van der Waals surface area contributed by atoms with Gasteiger partial charge in [0.1, 0.15) is 11.5 Å². The maximum atomic E-state index is 12.7. The Morgan fingerprint density at radius 1 is 1.20 bits per heavy atom. The number of anilines is 2. The van der Waals surface area contributed by atoms with E-state index in [1.54, 1.807) is 0 Å². The third kappa shape index (κ3) is 2.59. The van der Waals surface area contributed by atoms with Crippen molar-refractivity contribution < 1.29 is 9.53 Å². The van der Waals surface area contributed by atoms with Gasteiger partial charge in [-0.3, -0.25) is 4.79 Å². The minimum absolute atomic E-state index is 0.0265. The summed E-state index contributed by atoms with van der Waals surface area (Å²) < 4.78 is 5.22. The van der Waals surface area contributed by atoms with E-state index in [9.17, 15) is 4.79 Å². The molecule has 1 N–H and O–H groups in total. The summed E-state index contributed by atoms with van der Waals surface area (Å²) >= 11 is 0. The maximum Gasteiger partial charge on any atom is 0.273 e. The van der Waals surface area contributed by atoms with Crippen LogP contribution in [0.2, 0.25) is 0 Å². The predicted molar refractivity (Wildman–Crippen MR) is 95.2 cm³/mol. The van der Waals surface area contributed by atoms with Gasteiger partial charge in [0.05, 0.1) is 19.3 Å². The second kappa shape index (κ2) is 5.56. The molecule has 1 saturated carbocycles. The Balaban J connectivity index is 1.43. The van der Waals surface area contributed by atoms with Crippen LogP contribution in [-0.2, 0) is 11.3 Å². The summed E-state index contributed by atoms with van der Waals surface area (Å²) in [6, 6.07) is 10.8. The van der Waals surface area contributed by atoms with Crippen molar-refractivity contribution >= 4 is 17.4 Å². The first-order chi connectivity index (χ1) is 12.2. The number of benzene rings is 1. The summed E-state index contributed by atoms with van der Waals surface area (Å²) in [6.07, 6.45) is 2.51. The molecule has 0 radical (unpaired) electrons. The molecule has 1 aromatic carbocycles. The van der Waals surface area contributed by atoms with Gasteiger partial charge in [0.15, 0.2) is 0 Å². The Bertz CT molecular complexity index is 856. The molecule has 0 spiro atoms. The second-order valence-electron chi connectivity index (χ2n) is 7.32. The second-order valence-corrected chi connectivity index (χ2v) is 7.32. The first-order valence-electron chi connectivity index (χ1n) is 8.95. The Morgan fingerprint density at radius 2 is 2.04 bits per heavy atom. The molecule has 1 saturated heterocycles. The highest BCUT2D eigenvalue weighted by molar-refractivity contribution is 5.97. The van der Waals surface area contributed by atoms with Crippen molar-refractivity contribution in [3.8, 4) is 0 Å². The van der Waals surface area contributed by atoms with Crippen LogP contribution in [0.5, 0.6) is 0 Å². The molecular formula is C20H21N3O2. The molecule has 0 unspecified atom stereocenters. The van der Waals surface area contributed by atoms with Crippen LogP contribution in [0.1, 0.15) is 45.9 Å². The zero-order valence-electron chi connectivity index (χ0n) is 14.3. The number of aromatic nitrogens is 1. The van der Waals surface area contributed by atoms with Crippen LogP contribution < -0.4 is 5.32 Å². The number of nitrogens with one attached hydrogen (secondary N) is 1. The van der Waals surface area contributed by atoms with Crippen molar-refractivity contribution in [2.75, 3.05) is 18.5 Å². The number of carbonyl (C=O) groups is 1. The van der Waals surface area contributed by atoms with Gasteiger partial charge in [-0.2, -0.15) is 0 Å². The third-order valence-electron chi connectivity index (χ3n) is 5.33. The number of pyridine rings is 1. The Morgan fingerprint density at radius 3 is 2.76 bits per heavy atom. The molecule has 3 aliphatic rings. The van der Waals surface area contributed by atoms with Crippen molar-refractivity contribution in [3.05, 3.63) is 52.7 Å². The third-order valence-corrected chi connectivity index (χ3v) is 5.33. The molecule has 2 aromatic rings. The standard InChI is InChI=1S/C20H21N3O2/c1-12-2-6-16(13-3-4-13)17(8-12)21-18-7-5-14-9-23(15-10-25-11-15)20(24)19(14)22-18/h2,5-8,13,15H,3-4,9-11H2,1H3,(H,21,22). The average Bonchev–Trinajstić information content (AvgIpc) is 3.33. The molecule has 128 valence electrons. The Labute approximate surface area is 147 Å². The molecule has 1 aliphatic carbocycles. The number of fused-ring (bicyclic) bond motifs is 1. The molecule has 5 rings (SSSR count). The summed E-state index contributed by atoms with van der Waals surface area (Å²) in [7, 11) is 0. The minimum atomic E-state index is 0.0265. The molecule has 1 amide bonds. The molecule has 0 atom stereocenters. The van der Waals surface area contributed by atoms with Gasteiger partial charge in [-0.25, -0.2) is 4.98 Å². The van der Waals surface area contributed by atoms with Crippen LogP contribution in [0.4, 0.5) is 11.5 Å². The van der Waals surface area contributed by atoms with E-state index in [0.717, 1.165) is 17.1 Å². The van der Waals surface area contributed by atoms with Crippen molar-refractivity contribution in [1.29, 1.82) is 0 Å². The number of rotatable bonds is 4. The Hall–Kier alpha value is -2.40. The summed E-state index contributed by atoms with van der Waals surface area (Å²) in [5.41, 5.74) is 5.28. The van der Waals surface area contributed by atoms with Crippen molar-refractivity contribution in [1.82, 2.24) is 9.88 Å². The van der Waals surface area contributed by atoms with Gasteiger partial charge < -0.3 is 15.0 Å². The largest absolute Gasteiger partial charge is 0.377 e. The number of hydrogen-bond acceptors (Lipinski definition) is 4. The minimum Gasteiger partial charge on any atom is -0.377 e. The molecule has 5 nitrogen and oxygen atoms in total. The van der Waals surface area contributed by atoms with Gasteiger partial charge in [0.2, 0.25) is 0 Å². The maximum absolute atomic E-state index is 12.7. The molecular weight excluding hydrogens is 314 g/mol. The van der Waals surface area contributed by atoms with E-state index in [1.165, 1.54) is 24.0 Å². The highest BCUT2D eigenvalue weighted by Crippen LogP contribution is 2.44. The number of amides is 1. The van der Waals surface area contributed by atoms with Gasteiger partial charge in [-0.1, -0.05) is 18.2 Å². The molecule has 5 heteroatoms. The fourth-order valence-corrected chi connectivity index (χ4v) is 3.63. The van der Waals surface area contributed by atoms with Gasteiger partial charge in [0.25, 0.3) is 5.91 Å². The molecule has 25 heavy (non-hydrogen) atoms. The molecule has 3 heterocycles. The molecule has 1 aromatic heterocycles. The molecule has 2 fully saturated rings. The quantitative estimate of drug-likeness (QED) is 0.931. The summed E-state index contributed by atoms with van der Waals surface area (Å²) in [6.45, 7) is 4.02.